The van der Waals surface area contributed by atoms with E-state index >= 15 is 0 Å². The number of methoxy groups -OCH3 is 1. The number of hydrogen-bond acceptors (Lipinski definition) is 8. The first kappa shape index (κ1) is 20.8. The Hall–Kier alpha value is -4.12. The Morgan fingerprint density at radius 1 is 1.21 bits per heavy atom. The molecule has 1 amide bonds. The summed E-state index contributed by atoms with van der Waals surface area (Å²) in [6.07, 6.45) is 1.77. The first-order valence-electron chi connectivity index (χ1n) is 10.5. The summed E-state index contributed by atoms with van der Waals surface area (Å²) in [7, 11) is 3.37. The van der Waals surface area contributed by atoms with E-state index in [-0.39, 0.29) is 18.6 Å². The van der Waals surface area contributed by atoms with E-state index in [2.05, 4.69) is 36.2 Å². The van der Waals surface area contributed by atoms with Gasteiger partial charge in [0.25, 0.3) is 5.91 Å². The van der Waals surface area contributed by atoms with Crippen LogP contribution in [0.25, 0.3) is 22.3 Å². The average molecular weight is 448 g/mol. The van der Waals surface area contributed by atoms with Crippen molar-refractivity contribution in [2.75, 3.05) is 32.1 Å². The summed E-state index contributed by atoms with van der Waals surface area (Å²) in [6, 6.07) is 11.4. The Kier molecular flexibility index (Phi) is 5.53. The number of amides is 1. The average Bonchev–Trinajstić information content (AvgIpc) is 3.41. The number of ether oxygens (including phenoxy) is 2. The normalized spacial score (nSPS) is 13.5. The molecule has 1 aliphatic heterocycles. The number of H-pyrrole nitrogens is 1. The summed E-state index contributed by atoms with van der Waals surface area (Å²) < 4.78 is 12.8. The number of carbonyl (C=O) groups excluding carboxylic acids is 1. The van der Waals surface area contributed by atoms with E-state index in [1.807, 2.05) is 31.3 Å². The van der Waals surface area contributed by atoms with Gasteiger partial charge in [0.1, 0.15) is 0 Å². The molecule has 4 aromatic rings. The van der Waals surface area contributed by atoms with E-state index in [0.29, 0.717) is 23.3 Å². The van der Waals surface area contributed by atoms with Crippen LogP contribution in [0.2, 0.25) is 0 Å². The number of nitrogens with one attached hydrogen (secondary N) is 4. The van der Waals surface area contributed by atoms with Crippen LogP contribution in [0.5, 0.6) is 11.5 Å². The molecule has 170 valence electrons. The number of aromatic nitrogens is 5. The van der Waals surface area contributed by atoms with Gasteiger partial charge in [-0.15, -0.1) is 5.10 Å². The van der Waals surface area contributed by atoms with Gasteiger partial charge in [0.2, 0.25) is 5.95 Å². The van der Waals surface area contributed by atoms with Crippen molar-refractivity contribution in [3.63, 3.8) is 0 Å². The molecule has 2 aromatic heterocycles. The highest BCUT2D eigenvalue weighted by molar-refractivity contribution is 5.82. The Morgan fingerprint density at radius 2 is 2.09 bits per heavy atom. The van der Waals surface area contributed by atoms with E-state index < -0.39 is 0 Å². The lowest BCUT2D eigenvalue weighted by molar-refractivity contribution is -0.124. The third-order valence-electron chi connectivity index (χ3n) is 5.39. The SMILES string of the molecule is COc1cc(-c2nc(Nc3ccc4[nH]ncc4c3)n(C)n2)ccc1OCC(=O)NC1CNC1. The lowest BCUT2D eigenvalue weighted by Gasteiger charge is -2.27. The molecule has 1 aliphatic rings. The molecule has 0 saturated carbocycles. The van der Waals surface area contributed by atoms with Gasteiger partial charge in [0, 0.05) is 36.8 Å². The molecular formula is C22H24N8O3. The van der Waals surface area contributed by atoms with Crippen LogP contribution < -0.4 is 25.4 Å². The zero-order chi connectivity index (χ0) is 22.8. The largest absolute Gasteiger partial charge is 0.493 e. The quantitative estimate of drug-likeness (QED) is 0.320. The van der Waals surface area contributed by atoms with E-state index in [0.717, 1.165) is 35.2 Å². The standard InChI is InChI=1S/C22H24N8O3/c1-30-22(26-15-4-5-17-14(7-15)9-24-28-17)27-21(29-30)13-3-6-18(19(8-13)32-2)33-12-20(31)25-16-10-23-11-16/h3-9,16,23H,10-12H2,1-2H3,(H,24,28)(H,25,31)(H,26,27,29). The second-order valence-corrected chi connectivity index (χ2v) is 7.76. The molecule has 1 saturated heterocycles. The highest BCUT2D eigenvalue weighted by Gasteiger charge is 2.19. The number of nitrogens with zero attached hydrogens (tertiary/aromatic N) is 4. The summed E-state index contributed by atoms with van der Waals surface area (Å²) >= 11 is 0. The Labute approximate surface area is 189 Å². The molecule has 0 spiro atoms. The molecular weight excluding hydrogens is 424 g/mol. The van der Waals surface area contributed by atoms with Crippen molar-refractivity contribution in [2.45, 2.75) is 6.04 Å². The lowest BCUT2D eigenvalue weighted by atomic mass is 10.2. The van der Waals surface area contributed by atoms with Gasteiger partial charge in [-0.2, -0.15) is 10.1 Å². The van der Waals surface area contributed by atoms with Crippen LogP contribution in [0.1, 0.15) is 0 Å². The second-order valence-electron chi connectivity index (χ2n) is 7.76. The van der Waals surface area contributed by atoms with Crippen molar-refractivity contribution in [1.29, 1.82) is 0 Å². The van der Waals surface area contributed by atoms with Gasteiger partial charge in [0.15, 0.2) is 23.9 Å². The summed E-state index contributed by atoms with van der Waals surface area (Å²) in [5.74, 6) is 1.94. The van der Waals surface area contributed by atoms with Crippen LogP contribution >= 0.6 is 0 Å². The summed E-state index contributed by atoms with van der Waals surface area (Å²) in [5, 5.41) is 21.8. The van der Waals surface area contributed by atoms with Gasteiger partial charge in [-0.25, -0.2) is 4.68 Å². The summed E-state index contributed by atoms with van der Waals surface area (Å²) in [6.45, 7) is 1.49. The maximum atomic E-state index is 12.0. The van der Waals surface area contributed by atoms with E-state index in [1.54, 1.807) is 30.1 Å². The molecule has 1 fully saturated rings. The third kappa shape index (κ3) is 4.44. The number of carbonyl (C=O) groups is 1. The number of anilines is 2. The second kappa shape index (κ2) is 8.79. The van der Waals surface area contributed by atoms with Crippen LogP contribution in [0, 0.1) is 0 Å². The highest BCUT2D eigenvalue weighted by Crippen LogP contribution is 2.32. The molecule has 33 heavy (non-hydrogen) atoms. The zero-order valence-corrected chi connectivity index (χ0v) is 18.3. The molecule has 0 radical (unpaired) electrons. The minimum Gasteiger partial charge on any atom is -0.493 e. The molecule has 11 heteroatoms. The molecule has 0 bridgehead atoms. The minimum atomic E-state index is -0.164. The fourth-order valence-electron chi connectivity index (χ4n) is 3.49. The molecule has 2 aromatic carbocycles. The predicted octanol–water partition coefficient (Wildman–Crippen LogP) is 1.58. The van der Waals surface area contributed by atoms with Crippen molar-refractivity contribution >= 4 is 28.4 Å². The van der Waals surface area contributed by atoms with Gasteiger partial charge in [-0.1, -0.05) is 0 Å². The predicted molar refractivity (Wildman–Crippen MR) is 123 cm³/mol. The van der Waals surface area contributed by atoms with Crippen molar-refractivity contribution in [1.82, 2.24) is 35.6 Å². The van der Waals surface area contributed by atoms with Crippen LogP contribution in [-0.2, 0) is 11.8 Å². The molecule has 4 N–H and O–H groups in total. The molecule has 0 aliphatic carbocycles. The number of aryl methyl sites for hydroxylation is 1. The molecule has 5 rings (SSSR count). The smallest absolute Gasteiger partial charge is 0.258 e. The number of rotatable bonds is 8. The lowest BCUT2D eigenvalue weighted by Crippen LogP contribution is -2.57. The van der Waals surface area contributed by atoms with Crippen LogP contribution in [0.4, 0.5) is 11.6 Å². The monoisotopic (exact) mass is 448 g/mol. The van der Waals surface area contributed by atoms with Crippen molar-refractivity contribution in [2.24, 2.45) is 7.05 Å². The molecule has 0 unspecified atom stereocenters. The zero-order valence-electron chi connectivity index (χ0n) is 18.3. The first-order valence-corrected chi connectivity index (χ1v) is 10.5. The van der Waals surface area contributed by atoms with Crippen molar-refractivity contribution in [3.8, 4) is 22.9 Å². The van der Waals surface area contributed by atoms with Gasteiger partial charge in [0.05, 0.1) is 24.9 Å². The fraction of sp³-hybridized carbons (Fsp3) is 0.273. The molecule has 0 atom stereocenters. The number of fused-ring (bicyclic) bond motifs is 1. The fourth-order valence-corrected chi connectivity index (χ4v) is 3.49. The van der Waals surface area contributed by atoms with Gasteiger partial charge in [-0.05, 0) is 36.4 Å². The maximum absolute atomic E-state index is 12.0. The Balaban J connectivity index is 1.29. The van der Waals surface area contributed by atoms with E-state index in [4.69, 9.17) is 9.47 Å². The Bertz CT molecular complexity index is 1290. The van der Waals surface area contributed by atoms with Gasteiger partial charge in [-0.3, -0.25) is 9.89 Å². The van der Waals surface area contributed by atoms with Gasteiger partial charge >= 0.3 is 0 Å². The molecule has 3 heterocycles. The Morgan fingerprint density at radius 3 is 2.88 bits per heavy atom. The summed E-state index contributed by atoms with van der Waals surface area (Å²) in [4.78, 5) is 16.6. The number of aromatic amines is 1. The summed E-state index contributed by atoms with van der Waals surface area (Å²) in [5.41, 5.74) is 2.60. The topological polar surface area (TPSA) is 131 Å². The van der Waals surface area contributed by atoms with Gasteiger partial charge < -0.3 is 25.4 Å². The van der Waals surface area contributed by atoms with Crippen molar-refractivity contribution in [3.05, 3.63) is 42.6 Å². The minimum absolute atomic E-state index is 0.0802. The maximum Gasteiger partial charge on any atom is 0.258 e. The van der Waals surface area contributed by atoms with Crippen LogP contribution in [-0.4, -0.2) is 63.7 Å². The van der Waals surface area contributed by atoms with E-state index in [1.165, 1.54) is 0 Å². The first-order chi connectivity index (χ1) is 16.1. The van der Waals surface area contributed by atoms with Crippen LogP contribution in [0.3, 0.4) is 0 Å². The van der Waals surface area contributed by atoms with Crippen molar-refractivity contribution < 1.29 is 14.3 Å². The third-order valence-corrected chi connectivity index (χ3v) is 5.39. The van der Waals surface area contributed by atoms with Crippen LogP contribution in [0.15, 0.2) is 42.6 Å². The number of benzene rings is 2. The molecule has 11 nitrogen and oxygen atoms in total. The highest BCUT2D eigenvalue weighted by atomic mass is 16.5. The van der Waals surface area contributed by atoms with E-state index in [9.17, 15) is 4.79 Å². The number of hydrogen-bond donors (Lipinski definition) is 4.